The van der Waals surface area contributed by atoms with Gasteiger partial charge in [-0.3, -0.25) is 0 Å². The molecule has 0 heterocycles. The average molecular weight is 326 g/mol. The topological polar surface area (TPSA) is 18.5 Å². The van der Waals surface area contributed by atoms with Gasteiger partial charge in [0.05, 0.1) is 12.2 Å². The summed E-state index contributed by atoms with van der Waals surface area (Å²) < 4.78 is 79.6. The zero-order valence-electron chi connectivity index (χ0n) is 13.1. The van der Waals surface area contributed by atoms with Gasteiger partial charge in [0, 0.05) is 0 Å². The number of halogens is 6. The third kappa shape index (κ3) is 12.9. The highest BCUT2D eigenvalue weighted by atomic mass is 19.4. The first-order chi connectivity index (χ1) is 9.21. The molecular weight excluding hydrogens is 302 g/mol. The summed E-state index contributed by atoms with van der Waals surface area (Å²) in [4.78, 5) is 0. The molecule has 3 unspecified atom stereocenters. The highest BCUT2D eigenvalue weighted by Crippen LogP contribution is 2.24. The Balaban J connectivity index is 0. The van der Waals surface area contributed by atoms with E-state index in [-0.39, 0.29) is 12.2 Å². The van der Waals surface area contributed by atoms with Gasteiger partial charge in [0.15, 0.2) is 12.2 Å². The van der Waals surface area contributed by atoms with E-state index in [9.17, 15) is 26.3 Å². The predicted octanol–water partition coefficient (Wildman–Crippen LogP) is 5.11. The summed E-state index contributed by atoms with van der Waals surface area (Å²) in [5, 5.41) is 0. The van der Waals surface area contributed by atoms with Crippen LogP contribution in [0.25, 0.3) is 0 Å². The van der Waals surface area contributed by atoms with Crippen LogP contribution in [0.5, 0.6) is 0 Å². The second kappa shape index (κ2) is 9.50. The fraction of sp³-hybridized carbons (Fsp3) is 1.00. The van der Waals surface area contributed by atoms with Crippen molar-refractivity contribution in [3.05, 3.63) is 0 Å². The molecule has 0 aliphatic heterocycles. The first-order valence-corrected chi connectivity index (χ1v) is 6.66. The molecule has 0 aromatic carbocycles. The van der Waals surface area contributed by atoms with E-state index in [0.717, 1.165) is 13.8 Å². The van der Waals surface area contributed by atoms with Gasteiger partial charge in [-0.05, 0) is 41.0 Å². The van der Waals surface area contributed by atoms with Crippen molar-refractivity contribution in [3.63, 3.8) is 0 Å². The van der Waals surface area contributed by atoms with Gasteiger partial charge in [0.1, 0.15) is 0 Å². The third-order valence-electron chi connectivity index (χ3n) is 2.41. The third-order valence-corrected chi connectivity index (χ3v) is 2.41. The molecule has 0 spiro atoms. The lowest BCUT2D eigenvalue weighted by molar-refractivity contribution is -0.225. The Kier molecular flexibility index (Phi) is 10.3. The van der Waals surface area contributed by atoms with E-state index in [1.165, 1.54) is 0 Å². The summed E-state index contributed by atoms with van der Waals surface area (Å²) in [6, 6.07) is 0. The Bertz CT molecular complexity index is 262. The lowest BCUT2D eigenvalue weighted by Crippen LogP contribution is -2.31. The number of hydrogen-bond acceptors (Lipinski definition) is 2. The molecule has 0 aromatic rings. The van der Waals surface area contributed by atoms with Crippen LogP contribution in [0.4, 0.5) is 26.3 Å². The van der Waals surface area contributed by atoms with Crippen molar-refractivity contribution in [1.82, 2.24) is 0 Å². The molecule has 2 nitrogen and oxygen atoms in total. The van der Waals surface area contributed by atoms with Crippen molar-refractivity contribution in [1.29, 1.82) is 0 Å². The number of rotatable bonds is 5. The first kappa shape index (κ1) is 22.8. The molecule has 0 aromatic heterocycles. The van der Waals surface area contributed by atoms with E-state index < -0.39 is 24.6 Å². The summed E-state index contributed by atoms with van der Waals surface area (Å²) in [6.07, 6.45) is -11.9. The van der Waals surface area contributed by atoms with Crippen LogP contribution in [0.3, 0.4) is 0 Å². The van der Waals surface area contributed by atoms with E-state index in [1.54, 1.807) is 27.7 Å². The van der Waals surface area contributed by atoms with Gasteiger partial charge >= 0.3 is 12.4 Å². The molecular formula is C13H24F6O2. The van der Waals surface area contributed by atoms with Crippen LogP contribution >= 0.6 is 0 Å². The zero-order chi connectivity index (χ0) is 17.4. The Morgan fingerprint density at radius 1 is 0.714 bits per heavy atom. The Hall–Kier alpha value is -0.500. The van der Waals surface area contributed by atoms with Crippen molar-refractivity contribution in [2.75, 3.05) is 0 Å². The molecule has 0 saturated carbocycles. The van der Waals surface area contributed by atoms with Gasteiger partial charge < -0.3 is 9.47 Å². The van der Waals surface area contributed by atoms with Gasteiger partial charge in [-0.2, -0.15) is 26.3 Å². The molecule has 0 N–H and O–H groups in total. The van der Waals surface area contributed by atoms with Gasteiger partial charge in [0.2, 0.25) is 0 Å². The fourth-order valence-electron chi connectivity index (χ4n) is 1.01. The minimum atomic E-state index is -4.23. The monoisotopic (exact) mass is 326 g/mol. The maximum absolute atomic E-state index is 11.8. The van der Waals surface area contributed by atoms with Crippen LogP contribution < -0.4 is 0 Å². The summed E-state index contributed by atoms with van der Waals surface area (Å²) in [7, 11) is 0. The number of hydrogen-bond donors (Lipinski definition) is 0. The molecule has 0 bridgehead atoms. The predicted molar refractivity (Wildman–Crippen MR) is 68.1 cm³/mol. The van der Waals surface area contributed by atoms with E-state index in [1.807, 2.05) is 0 Å². The quantitative estimate of drug-likeness (QED) is 0.653. The maximum atomic E-state index is 11.8. The minimum Gasteiger partial charge on any atom is -0.366 e. The van der Waals surface area contributed by atoms with Crippen molar-refractivity contribution >= 4 is 0 Å². The van der Waals surface area contributed by atoms with Crippen LogP contribution in [0.2, 0.25) is 0 Å². The second-order valence-corrected chi connectivity index (χ2v) is 4.91. The molecule has 8 heteroatoms. The lowest BCUT2D eigenvalue weighted by Gasteiger charge is -2.20. The largest absolute Gasteiger partial charge is 0.414 e. The number of ether oxygens (including phenoxy) is 2. The lowest BCUT2D eigenvalue weighted by atomic mass is 10.3. The van der Waals surface area contributed by atoms with Gasteiger partial charge in [-0.15, -0.1) is 0 Å². The Morgan fingerprint density at radius 2 is 1.05 bits per heavy atom. The van der Waals surface area contributed by atoms with Crippen LogP contribution in [0, 0.1) is 0 Å². The highest BCUT2D eigenvalue weighted by molar-refractivity contribution is 4.62. The Labute approximate surface area is 121 Å². The standard InChI is InChI=1S/C7H13F3O.C6H11F3O/c1-4-5(2)11-6(3)7(8,9)10;1-4(2)10-5(3)6(7,8)9/h5-6H,4H2,1-3H3;4-5H,1-3H3. The van der Waals surface area contributed by atoms with Gasteiger partial charge in [-0.1, -0.05) is 6.92 Å². The molecule has 130 valence electrons. The summed E-state index contributed by atoms with van der Waals surface area (Å²) >= 11 is 0. The molecule has 0 rings (SSSR count). The van der Waals surface area contributed by atoms with Crippen LogP contribution in [0.1, 0.15) is 48.0 Å². The minimum absolute atomic E-state index is 0.327. The molecule has 0 aliphatic carbocycles. The van der Waals surface area contributed by atoms with E-state index >= 15 is 0 Å². The summed E-state index contributed by atoms with van der Waals surface area (Å²) in [6.45, 7) is 8.58. The normalized spacial score (nSPS) is 17.0. The van der Waals surface area contributed by atoms with Crippen LogP contribution in [-0.2, 0) is 9.47 Å². The van der Waals surface area contributed by atoms with Crippen LogP contribution in [0.15, 0.2) is 0 Å². The van der Waals surface area contributed by atoms with E-state index in [4.69, 9.17) is 0 Å². The van der Waals surface area contributed by atoms with E-state index in [2.05, 4.69) is 9.47 Å². The summed E-state index contributed by atoms with van der Waals surface area (Å²) in [5.41, 5.74) is 0. The maximum Gasteiger partial charge on any atom is 0.414 e. The van der Waals surface area contributed by atoms with Crippen LogP contribution in [-0.4, -0.2) is 36.8 Å². The zero-order valence-corrected chi connectivity index (χ0v) is 13.1. The average Bonchev–Trinajstić information content (AvgIpc) is 2.26. The first-order valence-electron chi connectivity index (χ1n) is 6.66. The Morgan fingerprint density at radius 3 is 1.24 bits per heavy atom. The van der Waals surface area contributed by atoms with Crippen molar-refractivity contribution in [2.45, 2.75) is 84.7 Å². The molecule has 0 radical (unpaired) electrons. The van der Waals surface area contributed by atoms with Crippen molar-refractivity contribution in [2.24, 2.45) is 0 Å². The molecule has 0 saturated heterocycles. The molecule has 0 fully saturated rings. The molecule has 0 amide bonds. The smallest absolute Gasteiger partial charge is 0.366 e. The molecule has 3 atom stereocenters. The van der Waals surface area contributed by atoms with Gasteiger partial charge in [0.25, 0.3) is 0 Å². The van der Waals surface area contributed by atoms with Crippen molar-refractivity contribution in [3.8, 4) is 0 Å². The van der Waals surface area contributed by atoms with Crippen molar-refractivity contribution < 1.29 is 35.8 Å². The fourth-order valence-corrected chi connectivity index (χ4v) is 1.01. The molecule has 21 heavy (non-hydrogen) atoms. The number of alkyl halides is 6. The SMILES string of the molecule is CC(C)OC(C)C(F)(F)F.CCC(C)OC(C)C(F)(F)F. The second-order valence-electron chi connectivity index (χ2n) is 4.91. The molecule has 0 aliphatic rings. The van der Waals surface area contributed by atoms with Gasteiger partial charge in [-0.25, -0.2) is 0 Å². The summed E-state index contributed by atoms with van der Waals surface area (Å²) in [5.74, 6) is 0. The highest BCUT2D eigenvalue weighted by Gasteiger charge is 2.38. The van der Waals surface area contributed by atoms with E-state index in [0.29, 0.717) is 6.42 Å².